The first-order chi connectivity index (χ1) is 6.02. The van der Waals surface area contributed by atoms with E-state index in [-0.39, 0.29) is 11.7 Å². The summed E-state index contributed by atoms with van der Waals surface area (Å²) in [5.41, 5.74) is -0.449. The molecule has 0 bridgehead atoms. The van der Waals surface area contributed by atoms with Gasteiger partial charge in [0.2, 0.25) is 0 Å². The number of Topliss-reactive ketones (excluding diaryl/α,β-unsaturated/α-hetero) is 1. The molecule has 76 valence electrons. The maximum atomic E-state index is 11.9. The van der Waals surface area contributed by atoms with Crippen molar-refractivity contribution in [2.45, 2.75) is 52.6 Å². The maximum absolute atomic E-state index is 11.9. The van der Waals surface area contributed by atoms with Gasteiger partial charge in [0.15, 0.2) is 0 Å². The number of ketones is 1. The van der Waals surface area contributed by atoms with E-state index in [1.807, 2.05) is 20.8 Å². The molecule has 0 aromatic heterocycles. The summed E-state index contributed by atoms with van der Waals surface area (Å²) in [7, 11) is 0. The topological polar surface area (TPSA) is 37.3 Å². The molecule has 1 N–H and O–H groups in total. The largest absolute Gasteiger partial charge is 0.392 e. The molecule has 2 nitrogen and oxygen atoms in total. The minimum Gasteiger partial charge on any atom is -0.392 e. The molecule has 1 rings (SSSR count). The molecule has 1 unspecified atom stereocenters. The maximum Gasteiger partial charge on any atom is 0.144 e. The highest BCUT2D eigenvalue weighted by molar-refractivity contribution is 5.87. The van der Waals surface area contributed by atoms with Crippen molar-refractivity contribution in [1.29, 1.82) is 0 Å². The van der Waals surface area contributed by atoms with Crippen LogP contribution in [0.25, 0.3) is 0 Å². The molecule has 3 atom stereocenters. The number of hydrogen-bond acceptors (Lipinski definition) is 2. The van der Waals surface area contributed by atoms with Crippen LogP contribution in [0.1, 0.15) is 46.5 Å². The predicted octanol–water partition coefficient (Wildman–Crippen LogP) is 2.15. The summed E-state index contributed by atoms with van der Waals surface area (Å²) in [6, 6.07) is 0. The fourth-order valence-electron chi connectivity index (χ4n) is 2.18. The second kappa shape index (κ2) is 3.79. The highest BCUT2D eigenvalue weighted by Crippen LogP contribution is 2.40. The van der Waals surface area contributed by atoms with Crippen LogP contribution < -0.4 is 0 Å². The molecule has 0 aromatic rings. The molecule has 0 amide bonds. The molecule has 1 aliphatic carbocycles. The SMILES string of the molecule is CCC(C)C(=O)[C@]1(C)CCC[C@@H]1O. The summed E-state index contributed by atoms with van der Waals surface area (Å²) in [6.45, 7) is 5.89. The van der Waals surface area contributed by atoms with Crippen LogP contribution in [0.3, 0.4) is 0 Å². The Morgan fingerprint density at radius 3 is 2.69 bits per heavy atom. The van der Waals surface area contributed by atoms with Gasteiger partial charge in [-0.15, -0.1) is 0 Å². The van der Waals surface area contributed by atoms with E-state index < -0.39 is 11.5 Å². The second-order valence-corrected chi connectivity index (χ2v) is 4.50. The smallest absolute Gasteiger partial charge is 0.144 e. The Morgan fingerprint density at radius 2 is 2.31 bits per heavy atom. The molecule has 0 saturated heterocycles. The van der Waals surface area contributed by atoms with Crippen LogP contribution in [-0.2, 0) is 4.79 Å². The minimum atomic E-state index is -0.449. The number of carbonyl (C=O) groups excluding carboxylic acids is 1. The monoisotopic (exact) mass is 184 g/mol. The van der Waals surface area contributed by atoms with Gasteiger partial charge in [-0.2, -0.15) is 0 Å². The van der Waals surface area contributed by atoms with E-state index in [2.05, 4.69) is 0 Å². The van der Waals surface area contributed by atoms with Crippen LogP contribution in [0.4, 0.5) is 0 Å². The van der Waals surface area contributed by atoms with Crippen molar-refractivity contribution in [3.8, 4) is 0 Å². The summed E-state index contributed by atoms with van der Waals surface area (Å²) in [5.74, 6) is 0.345. The predicted molar refractivity (Wildman–Crippen MR) is 52.4 cm³/mol. The van der Waals surface area contributed by atoms with Gasteiger partial charge in [0, 0.05) is 5.92 Å². The molecule has 1 aliphatic rings. The van der Waals surface area contributed by atoms with Gasteiger partial charge in [-0.05, 0) is 25.7 Å². The van der Waals surface area contributed by atoms with Crippen LogP contribution >= 0.6 is 0 Å². The zero-order valence-corrected chi connectivity index (χ0v) is 8.84. The van der Waals surface area contributed by atoms with E-state index in [9.17, 15) is 9.90 Å². The van der Waals surface area contributed by atoms with Gasteiger partial charge in [0.25, 0.3) is 0 Å². The second-order valence-electron chi connectivity index (χ2n) is 4.50. The highest BCUT2D eigenvalue weighted by Gasteiger charge is 2.44. The van der Waals surface area contributed by atoms with E-state index in [0.717, 1.165) is 25.7 Å². The van der Waals surface area contributed by atoms with Crippen molar-refractivity contribution in [3.63, 3.8) is 0 Å². The van der Waals surface area contributed by atoms with Crippen LogP contribution in [0.15, 0.2) is 0 Å². The summed E-state index contributed by atoms with van der Waals surface area (Å²) in [4.78, 5) is 11.9. The lowest BCUT2D eigenvalue weighted by molar-refractivity contribution is -0.136. The number of carbonyl (C=O) groups is 1. The third-order valence-corrected chi connectivity index (χ3v) is 3.53. The molecule has 1 saturated carbocycles. The van der Waals surface area contributed by atoms with Crippen molar-refractivity contribution >= 4 is 5.78 Å². The zero-order valence-electron chi connectivity index (χ0n) is 8.84. The van der Waals surface area contributed by atoms with Gasteiger partial charge >= 0.3 is 0 Å². The molecule has 0 heterocycles. The summed E-state index contributed by atoms with van der Waals surface area (Å²) in [6.07, 6.45) is 3.10. The van der Waals surface area contributed by atoms with Crippen LogP contribution in [0.5, 0.6) is 0 Å². The highest BCUT2D eigenvalue weighted by atomic mass is 16.3. The van der Waals surface area contributed by atoms with Gasteiger partial charge in [-0.3, -0.25) is 4.79 Å². The molecule has 0 aliphatic heterocycles. The van der Waals surface area contributed by atoms with Crippen LogP contribution in [0.2, 0.25) is 0 Å². The first kappa shape index (κ1) is 10.7. The van der Waals surface area contributed by atoms with Gasteiger partial charge < -0.3 is 5.11 Å². The molecular formula is C11H20O2. The van der Waals surface area contributed by atoms with Crippen molar-refractivity contribution < 1.29 is 9.90 Å². The standard InChI is InChI=1S/C11H20O2/c1-4-8(2)10(13)11(3)7-5-6-9(11)12/h8-9,12H,4-7H2,1-3H3/t8?,9-,11+/m0/s1. The number of aliphatic hydroxyl groups is 1. The minimum absolute atomic E-state index is 0.0951. The zero-order chi connectivity index (χ0) is 10.1. The van der Waals surface area contributed by atoms with E-state index in [1.165, 1.54) is 0 Å². The fraction of sp³-hybridized carbons (Fsp3) is 0.909. The molecule has 13 heavy (non-hydrogen) atoms. The number of rotatable bonds is 3. The van der Waals surface area contributed by atoms with E-state index in [4.69, 9.17) is 0 Å². The van der Waals surface area contributed by atoms with Gasteiger partial charge in [-0.25, -0.2) is 0 Å². The van der Waals surface area contributed by atoms with Crippen molar-refractivity contribution in [2.75, 3.05) is 0 Å². The lowest BCUT2D eigenvalue weighted by Gasteiger charge is -2.29. The third-order valence-electron chi connectivity index (χ3n) is 3.53. The number of aliphatic hydroxyl groups excluding tert-OH is 1. The Hall–Kier alpha value is -0.370. The van der Waals surface area contributed by atoms with Gasteiger partial charge in [-0.1, -0.05) is 20.8 Å². The average molecular weight is 184 g/mol. The lowest BCUT2D eigenvalue weighted by atomic mass is 9.76. The van der Waals surface area contributed by atoms with Crippen molar-refractivity contribution in [2.24, 2.45) is 11.3 Å². The summed E-state index contributed by atoms with van der Waals surface area (Å²) >= 11 is 0. The first-order valence-electron chi connectivity index (χ1n) is 5.24. The molecule has 0 aromatic carbocycles. The van der Waals surface area contributed by atoms with Gasteiger partial charge in [0.05, 0.1) is 11.5 Å². The Kier molecular flexibility index (Phi) is 3.12. The lowest BCUT2D eigenvalue weighted by Crippen LogP contribution is -2.38. The summed E-state index contributed by atoms with van der Waals surface area (Å²) in [5, 5.41) is 9.74. The Balaban J connectivity index is 2.74. The van der Waals surface area contributed by atoms with Crippen molar-refractivity contribution in [1.82, 2.24) is 0 Å². The molecule has 2 heteroatoms. The summed E-state index contributed by atoms with van der Waals surface area (Å²) < 4.78 is 0. The van der Waals surface area contributed by atoms with Crippen LogP contribution in [0, 0.1) is 11.3 Å². The molecule has 0 radical (unpaired) electrons. The van der Waals surface area contributed by atoms with Crippen LogP contribution in [-0.4, -0.2) is 17.0 Å². The number of hydrogen-bond donors (Lipinski definition) is 1. The third kappa shape index (κ3) is 1.78. The van der Waals surface area contributed by atoms with E-state index in [1.54, 1.807) is 0 Å². The molecule has 1 fully saturated rings. The Labute approximate surface area is 80.3 Å². The molecular weight excluding hydrogens is 164 g/mol. The van der Waals surface area contributed by atoms with E-state index >= 15 is 0 Å². The Bertz CT molecular complexity index is 200. The molecule has 0 spiro atoms. The van der Waals surface area contributed by atoms with Crippen molar-refractivity contribution in [3.05, 3.63) is 0 Å². The van der Waals surface area contributed by atoms with Gasteiger partial charge in [0.1, 0.15) is 5.78 Å². The first-order valence-corrected chi connectivity index (χ1v) is 5.24. The Morgan fingerprint density at radius 1 is 1.69 bits per heavy atom. The quantitative estimate of drug-likeness (QED) is 0.729. The normalized spacial score (nSPS) is 36.2. The fourth-order valence-corrected chi connectivity index (χ4v) is 2.18. The van der Waals surface area contributed by atoms with E-state index in [0.29, 0.717) is 0 Å². The average Bonchev–Trinajstić information content (AvgIpc) is 2.46.